The first kappa shape index (κ1) is 13.7. The number of alkyl halides is 2. The number of hydrogen-bond donors (Lipinski definition) is 2. The van der Waals surface area contributed by atoms with Crippen molar-refractivity contribution in [2.24, 2.45) is 0 Å². The number of benzene rings is 1. The van der Waals surface area contributed by atoms with E-state index in [-0.39, 0.29) is 5.56 Å². The standard InChI is InChI=1S/C13H17BrF2N2/c1-13(15,16)9-4-5-12(11(14)7-9)18-8-10-3-2-6-17-10/h4-5,7,10,17-18H,2-3,6,8H2,1H3. The molecular formula is C13H17BrF2N2. The van der Waals surface area contributed by atoms with Gasteiger partial charge in [-0.25, -0.2) is 8.78 Å². The van der Waals surface area contributed by atoms with Crippen LogP contribution in [0.2, 0.25) is 0 Å². The van der Waals surface area contributed by atoms with Gasteiger partial charge in [0.1, 0.15) is 0 Å². The molecule has 0 bridgehead atoms. The number of halogens is 3. The minimum atomic E-state index is -2.80. The Balaban J connectivity index is 2.01. The van der Waals surface area contributed by atoms with E-state index in [1.807, 2.05) is 0 Å². The molecular weight excluding hydrogens is 302 g/mol. The highest BCUT2D eigenvalue weighted by molar-refractivity contribution is 9.10. The maximum atomic E-state index is 13.1. The molecule has 2 nitrogen and oxygen atoms in total. The fraction of sp³-hybridized carbons (Fsp3) is 0.538. The third-order valence-electron chi connectivity index (χ3n) is 3.18. The van der Waals surface area contributed by atoms with Gasteiger partial charge in [-0.3, -0.25) is 0 Å². The number of anilines is 1. The van der Waals surface area contributed by atoms with Crippen molar-refractivity contribution < 1.29 is 8.78 Å². The molecule has 1 aliphatic heterocycles. The maximum Gasteiger partial charge on any atom is 0.270 e. The second-order valence-electron chi connectivity index (χ2n) is 4.76. The van der Waals surface area contributed by atoms with Crippen molar-refractivity contribution in [2.45, 2.75) is 31.7 Å². The lowest BCUT2D eigenvalue weighted by atomic mass is 10.1. The number of hydrogen-bond acceptors (Lipinski definition) is 2. The van der Waals surface area contributed by atoms with Gasteiger partial charge in [-0.1, -0.05) is 6.07 Å². The lowest BCUT2D eigenvalue weighted by Crippen LogP contribution is -2.29. The fourth-order valence-corrected chi connectivity index (χ4v) is 2.61. The quantitative estimate of drug-likeness (QED) is 0.884. The molecule has 1 aromatic carbocycles. The molecule has 1 atom stereocenters. The molecule has 0 saturated carbocycles. The third kappa shape index (κ3) is 3.42. The molecule has 0 aromatic heterocycles. The van der Waals surface area contributed by atoms with Crippen molar-refractivity contribution in [1.29, 1.82) is 0 Å². The van der Waals surface area contributed by atoms with Crippen LogP contribution < -0.4 is 10.6 Å². The van der Waals surface area contributed by atoms with Crippen molar-refractivity contribution in [2.75, 3.05) is 18.4 Å². The Morgan fingerprint density at radius 1 is 1.50 bits per heavy atom. The Morgan fingerprint density at radius 2 is 2.28 bits per heavy atom. The molecule has 18 heavy (non-hydrogen) atoms. The minimum Gasteiger partial charge on any atom is -0.383 e. The summed E-state index contributed by atoms with van der Waals surface area (Å²) in [6.07, 6.45) is 2.37. The first-order chi connectivity index (χ1) is 8.47. The number of rotatable bonds is 4. The van der Waals surface area contributed by atoms with Crippen LogP contribution in [0.3, 0.4) is 0 Å². The van der Waals surface area contributed by atoms with E-state index in [4.69, 9.17) is 0 Å². The van der Waals surface area contributed by atoms with Gasteiger partial charge < -0.3 is 10.6 Å². The van der Waals surface area contributed by atoms with Gasteiger partial charge in [-0.15, -0.1) is 0 Å². The van der Waals surface area contributed by atoms with Gasteiger partial charge in [-0.2, -0.15) is 0 Å². The predicted molar refractivity (Wildman–Crippen MR) is 73.2 cm³/mol. The summed E-state index contributed by atoms with van der Waals surface area (Å²) < 4.78 is 27.0. The molecule has 0 aliphatic carbocycles. The summed E-state index contributed by atoms with van der Waals surface area (Å²) in [5, 5.41) is 6.66. The van der Waals surface area contributed by atoms with E-state index in [9.17, 15) is 8.78 Å². The SMILES string of the molecule is CC(F)(F)c1ccc(NCC2CCCN2)c(Br)c1. The summed E-state index contributed by atoms with van der Waals surface area (Å²) in [4.78, 5) is 0. The predicted octanol–water partition coefficient (Wildman–Crippen LogP) is 3.72. The summed E-state index contributed by atoms with van der Waals surface area (Å²) in [6.45, 7) is 2.79. The molecule has 2 rings (SSSR count). The van der Waals surface area contributed by atoms with Gasteiger partial charge in [0.25, 0.3) is 5.92 Å². The van der Waals surface area contributed by atoms with Gasteiger partial charge in [-0.05, 0) is 47.4 Å². The van der Waals surface area contributed by atoms with Gasteiger partial charge >= 0.3 is 0 Å². The van der Waals surface area contributed by atoms with Gasteiger partial charge in [0.2, 0.25) is 0 Å². The number of nitrogens with one attached hydrogen (secondary N) is 2. The normalized spacial score (nSPS) is 20.1. The summed E-state index contributed by atoms with van der Waals surface area (Å²) in [7, 11) is 0. The minimum absolute atomic E-state index is 0.0268. The molecule has 5 heteroatoms. The molecule has 1 aromatic rings. The van der Waals surface area contributed by atoms with E-state index in [0.717, 1.165) is 32.1 Å². The smallest absolute Gasteiger partial charge is 0.270 e. The van der Waals surface area contributed by atoms with Crippen LogP contribution in [-0.4, -0.2) is 19.1 Å². The molecule has 1 unspecified atom stereocenters. The highest BCUT2D eigenvalue weighted by Crippen LogP contribution is 2.32. The Morgan fingerprint density at radius 3 is 2.83 bits per heavy atom. The molecule has 1 fully saturated rings. The molecule has 1 aliphatic rings. The zero-order valence-electron chi connectivity index (χ0n) is 10.3. The Bertz CT molecular complexity index is 412. The molecule has 1 saturated heterocycles. The second-order valence-corrected chi connectivity index (χ2v) is 5.61. The lowest BCUT2D eigenvalue weighted by molar-refractivity contribution is 0.0174. The molecule has 100 valence electrons. The highest BCUT2D eigenvalue weighted by atomic mass is 79.9. The Labute approximate surface area is 114 Å². The van der Waals surface area contributed by atoms with Crippen molar-refractivity contribution in [1.82, 2.24) is 5.32 Å². The molecule has 0 spiro atoms. The van der Waals surface area contributed by atoms with E-state index >= 15 is 0 Å². The highest BCUT2D eigenvalue weighted by Gasteiger charge is 2.24. The average molecular weight is 319 g/mol. The third-order valence-corrected chi connectivity index (χ3v) is 3.83. The van der Waals surface area contributed by atoms with E-state index in [1.54, 1.807) is 6.07 Å². The topological polar surface area (TPSA) is 24.1 Å². The van der Waals surface area contributed by atoms with Crippen LogP contribution in [0.5, 0.6) is 0 Å². The molecule has 1 heterocycles. The van der Waals surface area contributed by atoms with E-state index < -0.39 is 5.92 Å². The Kier molecular flexibility index (Phi) is 4.22. The van der Waals surface area contributed by atoms with Crippen LogP contribution >= 0.6 is 15.9 Å². The van der Waals surface area contributed by atoms with E-state index in [1.165, 1.54) is 18.6 Å². The first-order valence-corrected chi connectivity index (χ1v) is 6.91. The summed E-state index contributed by atoms with van der Waals surface area (Å²) in [5.74, 6) is -2.80. The zero-order chi connectivity index (χ0) is 13.2. The molecule has 0 radical (unpaired) electrons. The molecule has 2 N–H and O–H groups in total. The van der Waals surface area contributed by atoms with Crippen LogP contribution in [0.1, 0.15) is 25.3 Å². The van der Waals surface area contributed by atoms with Crippen LogP contribution in [-0.2, 0) is 5.92 Å². The van der Waals surface area contributed by atoms with Crippen LogP contribution in [0, 0.1) is 0 Å². The summed E-state index contributed by atoms with van der Waals surface area (Å²) >= 11 is 3.33. The zero-order valence-corrected chi connectivity index (χ0v) is 11.9. The van der Waals surface area contributed by atoms with Gasteiger partial charge in [0, 0.05) is 35.2 Å². The van der Waals surface area contributed by atoms with Crippen LogP contribution in [0.4, 0.5) is 14.5 Å². The van der Waals surface area contributed by atoms with Crippen molar-refractivity contribution in [3.05, 3.63) is 28.2 Å². The van der Waals surface area contributed by atoms with Crippen molar-refractivity contribution >= 4 is 21.6 Å². The van der Waals surface area contributed by atoms with Crippen LogP contribution in [0.15, 0.2) is 22.7 Å². The second kappa shape index (κ2) is 5.53. The van der Waals surface area contributed by atoms with Crippen molar-refractivity contribution in [3.8, 4) is 0 Å². The fourth-order valence-electron chi connectivity index (χ4n) is 2.10. The van der Waals surface area contributed by atoms with Gasteiger partial charge in [0.15, 0.2) is 0 Å². The average Bonchev–Trinajstić information content (AvgIpc) is 2.79. The van der Waals surface area contributed by atoms with Gasteiger partial charge in [0.05, 0.1) is 0 Å². The Hall–Kier alpha value is -0.680. The van der Waals surface area contributed by atoms with Crippen molar-refractivity contribution in [3.63, 3.8) is 0 Å². The molecule has 0 amide bonds. The summed E-state index contributed by atoms with van der Waals surface area (Å²) in [5.41, 5.74) is 0.885. The van der Waals surface area contributed by atoms with Crippen LogP contribution in [0.25, 0.3) is 0 Å². The maximum absolute atomic E-state index is 13.1. The van der Waals surface area contributed by atoms with E-state index in [0.29, 0.717) is 10.5 Å². The monoisotopic (exact) mass is 318 g/mol. The summed E-state index contributed by atoms with van der Waals surface area (Å²) in [6, 6.07) is 5.12. The first-order valence-electron chi connectivity index (χ1n) is 6.12. The largest absolute Gasteiger partial charge is 0.383 e. The van der Waals surface area contributed by atoms with E-state index in [2.05, 4.69) is 26.6 Å². The lowest BCUT2D eigenvalue weighted by Gasteiger charge is -2.16.